The van der Waals surface area contributed by atoms with Gasteiger partial charge in [0.2, 0.25) is 11.8 Å². The van der Waals surface area contributed by atoms with E-state index in [1.54, 1.807) is 17.0 Å². The molecule has 0 saturated carbocycles. The lowest BCUT2D eigenvalue weighted by Crippen LogP contribution is -2.65. The Bertz CT molecular complexity index is 1260. The van der Waals surface area contributed by atoms with Gasteiger partial charge in [-0.05, 0) is 36.5 Å². The molecule has 0 bridgehead atoms. The summed E-state index contributed by atoms with van der Waals surface area (Å²) in [5.74, 6) is -0.201. The zero-order valence-corrected chi connectivity index (χ0v) is 22.0. The maximum Gasteiger partial charge on any atom is 0.332 e. The van der Waals surface area contributed by atoms with Crippen molar-refractivity contribution < 1.29 is 14.4 Å². The predicted octanol–water partition coefficient (Wildman–Crippen LogP) is 3.25. The van der Waals surface area contributed by atoms with Crippen molar-refractivity contribution in [3.63, 3.8) is 0 Å². The average molecular weight is 514 g/mol. The number of benzene rings is 2. The Hall–Kier alpha value is -3.91. The van der Waals surface area contributed by atoms with Crippen molar-refractivity contribution in [2.75, 3.05) is 26.7 Å². The van der Waals surface area contributed by atoms with Gasteiger partial charge in [0.05, 0.1) is 13.1 Å². The zero-order chi connectivity index (χ0) is 26.6. The quantitative estimate of drug-likeness (QED) is 0.617. The van der Waals surface area contributed by atoms with Gasteiger partial charge in [0.25, 0.3) is 0 Å². The van der Waals surface area contributed by atoms with E-state index < -0.39 is 12.2 Å². The van der Waals surface area contributed by atoms with Crippen LogP contribution >= 0.6 is 0 Å². The number of carbonyl (C=O) groups is 3. The van der Waals surface area contributed by atoms with Gasteiger partial charge in [0, 0.05) is 26.6 Å². The molecule has 0 unspecified atom stereocenters. The fourth-order valence-corrected chi connectivity index (χ4v) is 5.50. The van der Waals surface area contributed by atoms with Crippen LogP contribution in [0.5, 0.6) is 0 Å². The largest absolute Gasteiger partial charge is 0.333 e. The van der Waals surface area contributed by atoms with Gasteiger partial charge in [-0.2, -0.15) is 5.01 Å². The van der Waals surface area contributed by atoms with Crippen molar-refractivity contribution in [1.82, 2.24) is 25.1 Å². The van der Waals surface area contributed by atoms with E-state index in [4.69, 9.17) is 0 Å². The molecule has 4 amide bonds. The van der Waals surface area contributed by atoms with Gasteiger partial charge in [-0.1, -0.05) is 78.4 Å². The molecule has 0 spiro atoms. The van der Waals surface area contributed by atoms with Crippen LogP contribution in [0.15, 0.2) is 78.4 Å². The highest BCUT2D eigenvalue weighted by Gasteiger charge is 2.51. The molecule has 3 aliphatic rings. The molecule has 2 saturated heterocycles. The lowest BCUT2D eigenvalue weighted by Gasteiger charge is -2.46. The summed E-state index contributed by atoms with van der Waals surface area (Å²) in [5, 5.41) is 6.29. The molecule has 0 radical (unpaired) electrons. The summed E-state index contributed by atoms with van der Waals surface area (Å²) < 4.78 is 0. The van der Waals surface area contributed by atoms with Gasteiger partial charge in [0.1, 0.15) is 12.2 Å². The first kappa shape index (κ1) is 25.7. The summed E-state index contributed by atoms with van der Waals surface area (Å²) in [4.78, 5) is 43.8. The summed E-state index contributed by atoms with van der Waals surface area (Å²) in [6, 6.07) is 16.9. The maximum absolute atomic E-state index is 13.8. The number of hydrogen-bond donors (Lipinski definition) is 1. The van der Waals surface area contributed by atoms with Crippen molar-refractivity contribution >= 4 is 17.8 Å². The highest BCUT2D eigenvalue weighted by molar-refractivity contribution is 5.91. The molecule has 2 aromatic rings. The van der Waals surface area contributed by atoms with Gasteiger partial charge < -0.3 is 15.1 Å². The number of amides is 4. The number of hydrogen-bond acceptors (Lipinski definition) is 4. The zero-order valence-electron chi connectivity index (χ0n) is 22.0. The number of nitrogens with one attached hydrogen (secondary N) is 1. The number of carbonyl (C=O) groups excluding carboxylic acids is 3. The van der Waals surface area contributed by atoms with E-state index in [9.17, 15) is 14.4 Å². The van der Waals surface area contributed by atoms with Crippen molar-refractivity contribution in [1.29, 1.82) is 0 Å². The molecule has 2 aromatic carbocycles. The van der Waals surface area contributed by atoms with Crippen molar-refractivity contribution in [2.45, 2.75) is 44.9 Å². The third-order valence-corrected chi connectivity index (χ3v) is 7.71. The predicted molar refractivity (Wildman–Crippen MR) is 145 cm³/mol. The first-order chi connectivity index (χ1) is 18.4. The van der Waals surface area contributed by atoms with E-state index in [0.717, 1.165) is 29.5 Å². The fourth-order valence-electron chi connectivity index (χ4n) is 5.50. The topological polar surface area (TPSA) is 76.2 Å². The van der Waals surface area contributed by atoms with Crippen LogP contribution in [-0.2, 0) is 22.6 Å². The van der Waals surface area contributed by atoms with Crippen LogP contribution in [0.3, 0.4) is 0 Å². The summed E-state index contributed by atoms with van der Waals surface area (Å²) >= 11 is 0. The van der Waals surface area contributed by atoms with Crippen molar-refractivity contribution in [3.8, 4) is 0 Å². The van der Waals surface area contributed by atoms with E-state index in [0.29, 0.717) is 26.1 Å². The molecule has 2 fully saturated rings. The summed E-state index contributed by atoms with van der Waals surface area (Å²) in [6.45, 7) is 3.35. The monoisotopic (exact) mass is 513 g/mol. The molecule has 1 aliphatic carbocycles. The van der Waals surface area contributed by atoms with Gasteiger partial charge in [-0.25, -0.2) is 4.79 Å². The molecule has 0 aromatic heterocycles. The molecular weight excluding hydrogens is 478 g/mol. The minimum absolute atomic E-state index is 0.0524. The number of rotatable bonds is 7. The van der Waals surface area contributed by atoms with Crippen molar-refractivity contribution in [3.05, 3.63) is 95.1 Å². The number of aryl methyl sites for hydroxylation is 1. The number of fused-ring (bicyclic) bond motifs is 1. The van der Waals surface area contributed by atoms with Gasteiger partial charge >= 0.3 is 6.03 Å². The minimum Gasteiger partial charge on any atom is -0.333 e. The first-order valence-electron chi connectivity index (χ1n) is 13.2. The maximum atomic E-state index is 13.8. The first-order valence-corrected chi connectivity index (χ1v) is 13.2. The van der Waals surface area contributed by atoms with Gasteiger partial charge in [-0.3, -0.25) is 14.6 Å². The number of hydrazine groups is 1. The lowest BCUT2D eigenvalue weighted by atomic mass is 9.99. The Morgan fingerprint density at radius 3 is 2.58 bits per heavy atom. The normalized spacial score (nSPS) is 21.4. The number of allylic oxidation sites excluding steroid dienone is 3. The summed E-state index contributed by atoms with van der Waals surface area (Å²) in [6.07, 6.45) is 8.07. The van der Waals surface area contributed by atoms with Gasteiger partial charge in [0.15, 0.2) is 0 Å². The summed E-state index contributed by atoms with van der Waals surface area (Å²) in [5.41, 5.74) is 4.35. The standard InChI is InChI=1S/C30H35N5O3/c1-22-11-9-10-16-25(22)19-33-20-27-34(32(2)30(38)31-18-24-14-7-4-8-15-24)21-28(36)35(27)26(29(33)37)17-23-12-5-3-6-13-23/h3-7,9-14,16,26-27H,8,15,17-21H2,1-2H3,(H,31,38)/t26-,27+/m0/s1. The molecule has 198 valence electrons. The van der Waals surface area contributed by atoms with Crippen LogP contribution < -0.4 is 5.32 Å². The Balaban J connectivity index is 1.38. The smallest absolute Gasteiger partial charge is 0.332 e. The molecule has 2 aliphatic heterocycles. The van der Waals surface area contributed by atoms with E-state index >= 15 is 0 Å². The summed E-state index contributed by atoms with van der Waals surface area (Å²) in [7, 11) is 1.69. The molecule has 8 heteroatoms. The van der Waals surface area contributed by atoms with Crippen LogP contribution in [-0.4, -0.2) is 76.6 Å². The highest BCUT2D eigenvalue weighted by atomic mass is 16.2. The lowest BCUT2D eigenvalue weighted by molar-refractivity contribution is -0.157. The second-order valence-electron chi connectivity index (χ2n) is 10.2. The Morgan fingerprint density at radius 1 is 1.08 bits per heavy atom. The molecule has 1 N–H and O–H groups in total. The van der Waals surface area contributed by atoms with E-state index in [-0.39, 0.29) is 24.4 Å². The fraction of sp³-hybridized carbons (Fsp3) is 0.367. The SMILES string of the molecule is Cc1ccccc1CN1C[C@H]2N(C(=O)CN2N(C)C(=O)NCC2=CC=CCC2)[C@@H](Cc2ccccc2)C1=O. The molecule has 2 atom stereocenters. The Labute approximate surface area is 224 Å². The minimum atomic E-state index is -0.631. The van der Waals surface area contributed by atoms with Crippen LogP contribution in [0.25, 0.3) is 0 Å². The third kappa shape index (κ3) is 5.36. The van der Waals surface area contributed by atoms with E-state index in [2.05, 4.69) is 11.4 Å². The Kier molecular flexibility index (Phi) is 7.60. The molecule has 8 nitrogen and oxygen atoms in total. The van der Waals surface area contributed by atoms with Crippen LogP contribution in [0.2, 0.25) is 0 Å². The molecule has 38 heavy (non-hydrogen) atoms. The molecule has 2 heterocycles. The average Bonchev–Trinajstić information content (AvgIpc) is 3.27. The number of piperazine rings is 1. The second-order valence-corrected chi connectivity index (χ2v) is 10.2. The number of nitrogens with zero attached hydrogens (tertiary/aromatic N) is 4. The van der Waals surface area contributed by atoms with E-state index in [1.807, 2.05) is 78.6 Å². The van der Waals surface area contributed by atoms with Crippen molar-refractivity contribution in [2.24, 2.45) is 0 Å². The molecular formula is C30H35N5O3. The molecule has 5 rings (SSSR count). The Morgan fingerprint density at radius 2 is 1.84 bits per heavy atom. The van der Waals surface area contributed by atoms with E-state index in [1.165, 1.54) is 10.6 Å². The van der Waals surface area contributed by atoms with Crippen LogP contribution in [0.4, 0.5) is 4.79 Å². The highest BCUT2D eigenvalue weighted by Crippen LogP contribution is 2.30. The second kappa shape index (κ2) is 11.2. The van der Waals surface area contributed by atoms with Crippen LogP contribution in [0.1, 0.15) is 29.5 Å². The van der Waals surface area contributed by atoms with Gasteiger partial charge in [-0.15, -0.1) is 0 Å². The third-order valence-electron chi connectivity index (χ3n) is 7.71. The number of urea groups is 1. The van der Waals surface area contributed by atoms with Crippen LogP contribution in [0, 0.1) is 6.92 Å².